The van der Waals surface area contributed by atoms with Gasteiger partial charge >= 0.3 is 0 Å². The first kappa shape index (κ1) is 15.4. The van der Waals surface area contributed by atoms with Gasteiger partial charge in [-0.15, -0.1) is 0 Å². The maximum absolute atomic E-state index is 12.1. The first-order valence-corrected chi connectivity index (χ1v) is 8.18. The van der Waals surface area contributed by atoms with Crippen molar-refractivity contribution in [3.8, 4) is 0 Å². The van der Waals surface area contributed by atoms with Gasteiger partial charge in [0, 0.05) is 13.1 Å². The van der Waals surface area contributed by atoms with Gasteiger partial charge in [-0.1, -0.05) is 58.2 Å². The molecule has 1 aromatic carbocycles. The quantitative estimate of drug-likeness (QED) is 0.735. The fourth-order valence-corrected chi connectivity index (χ4v) is 3.45. The third-order valence-corrected chi connectivity index (χ3v) is 4.56. The van der Waals surface area contributed by atoms with E-state index in [1.807, 2.05) is 32.0 Å². The predicted octanol–water partition coefficient (Wildman–Crippen LogP) is 4.13. The van der Waals surface area contributed by atoms with E-state index in [4.69, 9.17) is 0 Å². The summed E-state index contributed by atoms with van der Waals surface area (Å²) in [5, 5.41) is 0. The second-order valence-electron chi connectivity index (χ2n) is 4.28. The third kappa shape index (κ3) is 3.92. The van der Waals surface area contributed by atoms with Crippen LogP contribution in [-0.4, -0.2) is 15.1 Å². The molecule has 1 aliphatic heterocycles. The number of unbranched alkanes of at least 4 members (excludes halogenated alkanes) is 3. The Bertz CT molecular complexity index is 379. The van der Waals surface area contributed by atoms with Gasteiger partial charge in [0.15, 0.2) is 0 Å². The molecule has 0 bridgehead atoms. The fraction of sp³-hybridized carbons (Fsp3) is 0.600. The summed E-state index contributed by atoms with van der Waals surface area (Å²) in [5.74, 6) is 0. The minimum atomic E-state index is -0.908. The van der Waals surface area contributed by atoms with Crippen LogP contribution in [0.3, 0.4) is 0 Å². The van der Waals surface area contributed by atoms with Crippen molar-refractivity contribution in [2.24, 2.45) is 0 Å². The van der Waals surface area contributed by atoms with Crippen LogP contribution >= 0.6 is 0 Å². The summed E-state index contributed by atoms with van der Waals surface area (Å²) in [6.07, 6.45) is 4.95. The van der Waals surface area contributed by atoms with Gasteiger partial charge in [-0.25, -0.2) is 8.51 Å². The smallest absolute Gasteiger partial charge is 0.128 e. The standard InChI is InChI=1S/C13H19NOS.C2H6/c1-2-3-4-7-10-14-11-12-8-5-6-9-13(12)16(14)15;1-2/h5-6,8-9H,2-4,7,10-11H2,1H3;1-2H3. The Morgan fingerprint density at radius 3 is 2.56 bits per heavy atom. The Balaban J connectivity index is 0.000000771. The van der Waals surface area contributed by atoms with Crippen molar-refractivity contribution in [3.63, 3.8) is 0 Å². The molecule has 0 amide bonds. The molecule has 1 aliphatic rings. The van der Waals surface area contributed by atoms with Crippen LogP contribution in [0.15, 0.2) is 29.2 Å². The zero-order valence-corrected chi connectivity index (χ0v) is 12.6. The molecule has 102 valence electrons. The average molecular weight is 267 g/mol. The molecule has 1 aromatic rings. The molecule has 0 radical (unpaired) electrons. The van der Waals surface area contributed by atoms with Crippen LogP contribution in [0, 0.1) is 0 Å². The molecular weight excluding hydrogens is 242 g/mol. The van der Waals surface area contributed by atoms with Crippen molar-refractivity contribution >= 4 is 11.0 Å². The maximum Gasteiger partial charge on any atom is 0.128 e. The van der Waals surface area contributed by atoms with E-state index in [0.29, 0.717) is 0 Å². The van der Waals surface area contributed by atoms with Crippen molar-refractivity contribution in [2.45, 2.75) is 57.9 Å². The van der Waals surface area contributed by atoms with Crippen molar-refractivity contribution in [1.82, 2.24) is 4.31 Å². The summed E-state index contributed by atoms with van der Waals surface area (Å²) in [4.78, 5) is 1.01. The molecule has 1 atom stereocenters. The van der Waals surface area contributed by atoms with E-state index in [-0.39, 0.29) is 0 Å². The average Bonchev–Trinajstić information content (AvgIpc) is 2.75. The summed E-state index contributed by atoms with van der Waals surface area (Å²) in [5.41, 5.74) is 1.23. The number of benzene rings is 1. The number of hydrogen-bond acceptors (Lipinski definition) is 1. The highest BCUT2D eigenvalue weighted by Crippen LogP contribution is 2.26. The van der Waals surface area contributed by atoms with Crippen molar-refractivity contribution in [1.29, 1.82) is 0 Å². The molecule has 1 heterocycles. The molecule has 18 heavy (non-hydrogen) atoms. The second kappa shape index (κ2) is 8.44. The highest BCUT2D eigenvalue weighted by molar-refractivity contribution is 7.83. The Morgan fingerprint density at radius 1 is 1.17 bits per heavy atom. The Kier molecular flexibility index (Phi) is 7.21. The van der Waals surface area contributed by atoms with Gasteiger partial charge in [-0.3, -0.25) is 0 Å². The molecule has 2 nitrogen and oxygen atoms in total. The number of hydrogen-bond donors (Lipinski definition) is 0. The van der Waals surface area contributed by atoms with Gasteiger partial charge < -0.3 is 0 Å². The minimum absolute atomic E-state index is 0.856. The lowest BCUT2D eigenvalue weighted by molar-refractivity contribution is 0.434. The zero-order valence-electron chi connectivity index (χ0n) is 11.8. The lowest BCUT2D eigenvalue weighted by atomic mass is 10.2. The summed E-state index contributed by atoms with van der Waals surface area (Å²) in [7, 11) is -0.908. The monoisotopic (exact) mass is 267 g/mol. The van der Waals surface area contributed by atoms with E-state index in [0.717, 1.165) is 24.4 Å². The van der Waals surface area contributed by atoms with Crippen molar-refractivity contribution in [3.05, 3.63) is 29.8 Å². The highest BCUT2D eigenvalue weighted by Gasteiger charge is 2.25. The molecule has 0 spiro atoms. The number of nitrogens with zero attached hydrogens (tertiary/aromatic N) is 1. The van der Waals surface area contributed by atoms with E-state index in [9.17, 15) is 4.21 Å². The first-order valence-electron chi connectivity index (χ1n) is 7.07. The van der Waals surface area contributed by atoms with Crippen molar-refractivity contribution in [2.75, 3.05) is 6.54 Å². The second-order valence-corrected chi connectivity index (χ2v) is 5.74. The van der Waals surface area contributed by atoms with Gasteiger partial charge in [0.25, 0.3) is 0 Å². The van der Waals surface area contributed by atoms with Crippen LogP contribution in [0.1, 0.15) is 52.0 Å². The molecule has 0 saturated heterocycles. The Labute approximate surface area is 114 Å². The van der Waals surface area contributed by atoms with Gasteiger partial charge in [0.1, 0.15) is 11.0 Å². The van der Waals surface area contributed by atoms with Crippen LogP contribution in [0.2, 0.25) is 0 Å². The third-order valence-electron chi connectivity index (χ3n) is 3.00. The first-order chi connectivity index (χ1) is 8.83. The Hall–Kier alpha value is -0.670. The maximum atomic E-state index is 12.1. The van der Waals surface area contributed by atoms with E-state index in [2.05, 4.69) is 17.3 Å². The minimum Gasteiger partial charge on any atom is -0.237 e. The van der Waals surface area contributed by atoms with E-state index < -0.39 is 11.0 Å². The molecule has 1 unspecified atom stereocenters. The molecule has 0 fully saturated rings. The molecule has 0 aliphatic carbocycles. The van der Waals surface area contributed by atoms with Gasteiger partial charge in [-0.05, 0) is 18.1 Å². The topological polar surface area (TPSA) is 20.3 Å². The van der Waals surface area contributed by atoms with Crippen LogP contribution in [0.4, 0.5) is 0 Å². The lowest BCUT2D eigenvalue weighted by Crippen LogP contribution is -2.20. The lowest BCUT2D eigenvalue weighted by Gasteiger charge is -2.12. The van der Waals surface area contributed by atoms with Gasteiger partial charge in [-0.2, -0.15) is 0 Å². The molecule has 0 N–H and O–H groups in total. The van der Waals surface area contributed by atoms with E-state index >= 15 is 0 Å². The van der Waals surface area contributed by atoms with Crippen LogP contribution < -0.4 is 0 Å². The van der Waals surface area contributed by atoms with E-state index in [1.54, 1.807) is 0 Å². The van der Waals surface area contributed by atoms with Gasteiger partial charge in [0.2, 0.25) is 0 Å². The SMILES string of the molecule is CC.CCCCCCN1Cc2ccccc2S1=O. The van der Waals surface area contributed by atoms with Crippen LogP contribution in [-0.2, 0) is 17.5 Å². The summed E-state index contributed by atoms with van der Waals surface area (Å²) >= 11 is 0. The zero-order chi connectivity index (χ0) is 13.4. The van der Waals surface area contributed by atoms with Crippen LogP contribution in [0.25, 0.3) is 0 Å². The number of rotatable bonds is 5. The number of fused-ring (bicyclic) bond motifs is 1. The normalized spacial score (nSPS) is 18.1. The fourth-order valence-electron chi connectivity index (χ4n) is 2.07. The molecule has 3 heteroatoms. The Morgan fingerprint density at radius 2 is 1.89 bits per heavy atom. The predicted molar refractivity (Wildman–Crippen MR) is 78.8 cm³/mol. The summed E-state index contributed by atoms with van der Waals surface area (Å²) in [6, 6.07) is 8.06. The van der Waals surface area contributed by atoms with E-state index in [1.165, 1.54) is 24.8 Å². The van der Waals surface area contributed by atoms with Crippen molar-refractivity contribution < 1.29 is 4.21 Å². The van der Waals surface area contributed by atoms with Crippen LogP contribution in [0.5, 0.6) is 0 Å². The largest absolute Gasteiger partial charge is 0.237 e. The molecule has 0 saturated carbocycles. The molecule has 0 aromatic heterocycles. The molecule has 2 rings (SSSR count). The summed E-state index contributed by atoms with van der Waals surface area (Å²) < 4.78 is 14.2. The molecular formula is C15H25NOS. The van der Waals surface area contributed by atoms with Gasteiger partial charge in [0.05, 0.1) is 4.90 Å². The summed E-state index contributed by atoms with van der Waals surface area (Å²) in [6.45, 7) is 8.03. The highest BCUT2D eigenvalue weighted by atomic mass is 32.2.